The molecular weight excluding hydrogens is 236 g/mol. The van der Waals surface area contributed by atoms with Crippen molar-refractivity contribution in [1.82, 2.24) is 0 Å². The van der Waals surface area contributed by atoms with Crippen LogP contribution in [-0.2, 0) is 4.74 Å². The third-order valence-electron chi connectivity index (χ3n) is 3.76. The Balaban J connectivity index is 1.86. The lowest BCUT2D eigenvalue weighted by molar-refractivity contribution is 0.191. The van der Waals surface area contributed by atoms with Gasteiger partial charge in [-0.1, -0.05) is 0 Å². The Morgan fingerprint density at radius 3 is 2.47 bits per heavy atom. The smallest absolute Gasteiger partial charge is 0.0481 e. The van der Waals surface area contributed by atoms with Crippen LogP contribution in [-0.4, -0.2) is 32.8 Å². The first-order chi connectivity index (χ1) is 9.29. The highest BCUT2D eigenvalue weighted by Gasteiger charge is 2.10. The van der Waals surface area contributed by atoms with Crippen LogP contribution in [0.15, 0.2) is 24.3 Å². The molecular formula is C16H26N2O. The van der Waals surface area contributed by atoms with Crippen molar-refractivity contribution in [3.05, 3.63) is 24.3 Å². The predicted octanol–water partition coefficient (Wildman–Crippen LogP) is 3.51. The zero-order valence-corrected chi connectivity index (χ0v) is 12.2. The molecule has 3 heteroatoms. The third kappa shape index (κ3) is 4.43. The summed E-state index contributed by atoms with van der Waals surface area (Å²) in [6, 6.07) is 9.29. The maximum absolute atomic E-state index is 5.10. The molecule has 1 heterocycles. The van der Waals surface area contributed by atoms with Crippen LogP contribution in [0.4, 0.5) is 11.4 Å². The van der Waals surface area contributed by atoms with Crippen molar-refractivity contribution < 1.29 is 4.74 Å². The molecule has 0 saturated carbocycles. The molecule has 1 aromatic carbocycles. The summed E-state index contributed by atoms with van der Waals surface area (Å²) in [5.74, 6) is 0. The summed E-state index contributed by atoms with van der Waals surface area (Å²) >= 11 is 0. The quantitative estimate of drug-likeness (QED) is 0.849. The minimum atomic E-state index is 0.445. The van der Waals surface area contributed by atoms with Gasteiger partial charge < -0.3 is 15.0 Å². The lowest BCUT2D eigenvalue weighted by Crippen LogP contribution is -2.29. The van der Waals surface area contributed by atoms with E-state index in [1.54, 1.807) is 7.11 Å². The summed E-state index contributed by atoms with van der Waals surface area (Å²) < 4.78 is 5.10. The van der Waals surface area contributed by atoms with Crippen LogP contribution in [0.25, 0.3) is 0 Å². The Kier molecular flexibility index (Phi) is 5.52. The molecule has 0 aliphatic carbocycles. The van der Waals surface area contributed by atoms with E-state index in [1.807, 2.05) is 0 Å². The number of nitrogens with one attached hydrogen (secondary N) is 1. The molecule has 19 heavy (non-hydrogen) atoms. The maximum atomic E-state index is 5.10. The number of hydrogen-bond acceptors (Lipinski definition) is 3. The molecule has 0 amide bonds. The highest BCUT2D eigenvalue weighted by molar-refractivity contribution is 5.55. The minimum Gasteiger partial charge on any atom is -0.385 e. The molecule has 0 aromatic heterocycles. The van der Waals surface area contributed by atoms with Crippen molar-refractivity contribution in [2.75, 3.05) is 37.0 Å². The third-order valence-corrected chi connectivity index (χ3v) is 3.76. The summed E-state index contributed by atoms with van der Waals surface area (Å²) in [6.07, 6.45) is 5.07. The fourth-order valence-corrected chi connectivity index (χ4v) is 2.57. The van der Waals surface area contributed by atoms with Gasteiger partial charge in [-0.15, -0.1) is 0 Å². The molecule has 1 unspecified atom stereocenters. The van der Waals surface area contributed by atoms with Crippen LogP contribution in [0.1, 0.15) is 32.6 Å². The van der Waals surface area contributed by atoms with Crippen LogP contribution in [0.5, 0.6) is 0 Å². The standard InChI is InChI=1S/C16H26N2O/c1-14(10-13-19-2)17-15-6-8-16(9-7-15)18-11-4-3-5-12-18/h6-9,14,17H,3-5,10-13H2,1-2H3. The van der Waals surface area contributed by atoms with E-state index in [9.17, 15) is 0 Å². The van der Waals surface area contributed by atoms with Gasteiger partial charge in [0.25, 0.3) is 0 Å². The van der Waals surface area contributed by atoms with Crippen LogP contribution in [0.3, 0.4) is 0 Å². The van der Waals surface area contributed by atoms with Crippen molar-refractivity contribution in [2.24, 2.45) is 0 Å². The molecule has 0 spiro atoms. The van der Waals surface area contributed by atoms with Gasteiger partial charge in [-0.25, -0.2) is 0 Å². The minimum absolute atomic E-state index is 0.445. The molecule has 1 aliphatic heterocycles. The van der Waals surface area contributed by atoms with Crippen molar-refractivity contribution in [2.45, 2.75) is 38.6 Å². The summed E-state index contributed by atoms with van der Waals surface area (Å²) in [6.45, 7) is 5.41. The summed E-state index contributed by atoms with van der Waals surface area (Å²) in [4.78, 5) is 2.49. The molecule has 1 aliphatic rings. The largest absolute Gasteiger partial charge is 0.385 e. The lowest BCUT2D eigenvalue weighted by Gasteiger charge is -2.29. The van der Waals surface area contributed by atoms with Crippen LogP contribution < -0.4 is 10.2 Å². The number of hydrogen-bond donors (Lipinski definition) is 1. The fourth-order valence-electron chi connectivity index (χ4n) is 2.57. The molecule has 1 atom stereocenters. The second-order valence-electron chi connectivity index (χ2n) is 5.42. The zero-order chi connectivity index (χ0) is 13.5. The van der Waals surface area contributed by atoms with Crippen molar-refractivity contribution in [3.8, 4) is 0 Å². The Morgan fingerprint density at radius 2 is 1.84 bits per heavy atom. The SMILES string of the molecule is COCCC(C)Nc1ccc(N2CCCCC2)cc1. The van der Waals surface area contributed by atoms with Gasteiger partial charge in [0.05, 0.1) is 0 Å². The number of nitrogens with zero attached hydrogens (tertiary/aromatic N) is 1. The van der Waals surface area contributed by atoms with E-state index < -0.39 is 0 Å². The molecule has 0 bridgehead atoms. The Bertz CT molecular complexity index is 358. The maximum Gasteiger partial charge on any atom is 0.0481 e. The monoisotopic (exact) mass is 262 g/mol. The first kappa shape index (κ1) is 14.2. The van der Waals surface area contributed by atoms with Gasteiger partial charge in [0.15, 0.2) is 0 Å². The second kappa shape index (κ2) is 7.39. The van der Waals surface area contributed by atoms with Gasteiger partial charge in [0.2, 0.25) is 0 Å². The van der Waals surface area contributed by atoms with Crippen molar-refractivity contribution in [1.29, 1.82) is 0 Å². The van der Waals surface area contributed by atoms with E-state index in [1.165, 1.54) is 43.7 Å². The highest BCUT2D eigenvalue weighted by Crippen LogP contribution is 2.22. The van der Waals surface area contributed by atoms with Crippen LogP contribution >= 0.6 is 0 Å². The van der Waals surface area contributed by atoms with Crippen LogP contribution in [0, 0.1) is 0 Å². The molecule has 3 nitrogen and oxygen atoms in total. The normalized spacial score (nSPS) is 17.3. The summed E-state index contributed by atoms with van der Waals surface area (Å²) in [5.41, 5.74) is 2.55. The average Bonchev–Trinajstić information content (AvgIpc) is 2.47. The van der Waals surface area contributed by atoms with Gasteiger partial charge in [-0.05, 0) is 56.9 Å². The molecule has 106 valence electrons. The Hall–Kier alpha value is -1.22. The number of methoxy groups -OCH3 is 1. The van der Waals surface area contributed by atoms with E-state index in [0.29, 0.717) is 6.04 Å². The number of ether oxygens (including phenoxy) is 1. The first-order valence-corrected chi connectivity index (χ1v) is 7.40. The van der Waals surface area contributed by atoms with Crippen molar-refractivity contribution >= 4 is 11.4 Å². The van der Waals surface area contributed by atoms with E-state index in [2.05, 4.69) is 41.4 Å². The number of rotatable bonds is 6. The molecule has 0 radical (unpaired) electrons. The van der Waals surface area contributed by atoms with Gasteiger partial charge in [0, 0.05) is 44.2 Å². The van der Waals surface area contributed by atoms with Crippen molar-refractivity contribution in [3.63, 3.8) is 0 Å². The average molecular weight is 262 g/mol. The second-order valence-corrected chi connectivity index (χ2v) is 5.42. The molecule has 2 rings (SSSR count). The number of benzene rings is 1. The van der Waals surface area contributed by atoms with Gasteiger partial charge in [0.1, 0.15) is 0 Å². The molecule has 1 fully saturated rings. The highest BCUT2D eigenvalue weighted by atomic mass is 16.5. The van der Waals surface area contributed by atoms with E-state index >= 15 is 0 Å². The van der Waals surface area contributed by atoms with Gasteiger partial charge in [-0.3, -0.25) is 0 Å². The Labute approximate surface area is 116 Å². The lowest BCUT2D eigenvalue weighted by atomic mass is 10.1. The topological polar surface area (TPSA) is 24.5 Å². The predicted molar refractivity (Wildman–Crippen MR) is 82.1 cm³/mol. The molecule has 1 saturated heterocycles. The first-order valence-electron chi connectivity index (χ1n) is 7.40. The number of anilines is 2. The van der Waals surface area contributed by atoms with Gasteiger partial charge in [-0.2, -0.15) is 0 Å². The van der Waals surface area contributed by atoms with E-state index in [0.717, 1.165) is 13.0 Å². The summed E-state index contributed by atoms with van der Waals surface area (Å²) in [7, 11) is 1.75. The molecule has 1 N–H and O–H groups in total. The van der Waals surface area contributed by atoms with Crippen LogP contribution in [0.2, 0.25) is 0 Å². The summed E-state index contributed by atoms with van der Waals surface area (Å²) in [5, 5.41) is 3.51. The molecule has 1 aromatic rings. The fraction of sp³-hybridized carbons (Fsp3) is 0.625. The van der Waals surface area contributed by atoms with E-state index in [4.69, 9.17) is 4.74 Å². The Morgan fingerprint density at radius 1 is 1.16 bits per heavy atom. The van der Waals surface area contributed by atoms with E-state index in [-0.39, 0.29) is 0 Å². The number of piperidine rings is 1. The zero-order valence-electron chi connectivity index (χ0n) is 12.2. The van der Waals surface area contributed by atoms with Gasteiger partial charge >= 0.3 is 0 Å².